The lowest BCUT2D eigenvalue weighted by Gasteiger charge is -2.06. The predicted molar refractivity (Wildman–Crippen MR) is 59.7 cm³/mol. The first-order chi connectivity index (χ1) is 7.31. The van der Waals surface area contributed by atoms with Gasteiger partial charge in [0, 0.05) is 12.4 Å². The standard InChI is InChI=1S/C12H12N2O/c1-10(14-9-3-8-13-14)11-4-6-12(15-2)7-5-11/h3-9H,1H2,2H3. The van der Waals surface area contributed by atoms with Gasteiger partial charge in [-0.25, -0.2) is 4.68 Å². The monoisotopic (exact) mass is 200 g/mol. The molecule has 0 bridgehead atoms. The Labute approximate surface area is 88.6 Å². The summed E-state index contributed by atoms with van der Waals surface area (Å²) in [6, 6.07) is 9.61. The van der Waals surface area contributed by atoms with Gasteiger partial charge < -0.3 is 4.74 Å². The highest BCUT2D eigenvalue weighted by molar-refractivity contribution is 5.63. The zero-order chi connectivity index (χ0) is 10.7. The zero-order valence-electron chi connectivity index (χ0n) is 8.55. The molecule has 0 saturated heterocycles. The maximum atomic E-state index is 5.09. The summed E-state index contributed by atoms with van der Waals surface area (Å²) in [6.45, 7) is 3.98. The third-order valence-corrected chi connectivity index (χ3v) is 2.20. The van der Waals surface area contributed by atoms with Crippen molar-refractivity contribution in [1.82, 2.24) is 9.78 Å². The minimum Gasteiger partial charge on any atom is -0.497 e. The third kappa shape index (κ3) is 1.91. The Morgan fingerprint density at radius 2 is 2.07 bits per heavy atom. The average molecular weight is 200 g/mol. The quantitative estimate of drug-likeness (QED) is 0.760. The number of hydrogen-bond acceptors (Lipinski definition) is 2. The fourth-order valence-corrected chi connectivity index (χ4v) is 1.34. The Hall–Kier alpha value is -2.03. The summed E-state index contributed by atoms with van der Waals surface area (Å²) >= 11 is 0. The second-order valence-corrected chi connectivity index (χ2v) is 3.13. The summed E-state index contributed by atoms with van der Waals surface area (Å²) in [5.41, 5.74) is 1.88. The molecule has 0 saturated carbocycles. The maximum absolute atomic E-state index is 5.09. The highest BCUT2D eigenvalue weighted by Gasteiger charge is 2.01. The molecule has 0 amide bonds. The molecule has 76 valence electrons. The molecule has 0 aliphatic heterocycles. The second kappa shape index (κ2) is 4.00. The molecule has 0 N–H and O–H groups in total. The van der Waals surface area contributed by atoms with Crippen molar-refractivity contribution in [1.29, 1.82) is 0 Å². The summed E-state index contributed by atoms with van der Waals surface area (Å²) in [6.07, 6.45) is 3.60. The van der Waals surface area contributed by atoms with E-state index in [-0.39, 0.29) is 0 Å². The molecule has 0 radical (unpaired) electrons. The lowest BCUT2D eigenvalue weighted by atomic mass is 10.2. The Morgan fingerprint density at radius 3 is 2.60 bits per heavy atom. The van der Waals surface area contributed by atoms with Gasteiger partial charge >= 0.3 is 0 Å². The average Bonchev–Trinajstić information content (AvgIpc) is 2.82. The van der Waals surface area contributed by atoms with Gasteiger partial charge in [0.15, 0.2) is 0 Å². The largest absolute Gasteiger partial charge is 0.497 e. The molecule has 2 rings (SSSR count). The maximum Gasteiger partial charge on any atom is 0.118 e. The summed E-state index contributed by atoms with van der Waals surface area (Å²) in [5.74, 6) is 0.840. The van der Waals surface area contributed by atoms with Gasteiger partial charge in [-0.1, -0.05) is 6.58 Å². The Morgan fingerprint density at radius 1 is 1.33 bits per heavy atom. The van der Waals surface area contributed by atoms with Crippen LogP contribution in [0.2, 0.25) is 0 Å². The molecule has 2 aromatic rings. The number of methoxy groups -OCH3 is 1. The van der Waals surface area contributed by atoms with Gasteiger partial charge in [0.2, 0.25) is 0 Å². The van der Waals surface area contributed by atoms with Crippen LogP contribution >= 0.6 is 0 Å². The molecular weight excluding hydrogens is 188 g/mol. The van der Waals surface area contributed by atoms with Gasteiger partial charge in [0.1, 0.15) is 5.75 Å². The summed E-state index contributed by atoms with van der Waals surface area (Å²) in [4.78, 5) is 0. The summed E-state index contributed by atoms with van der Waals surface area (Å²) in [5, 5.41) is 4.12. The van der Waals surface area contributed by atoms with Crippen molar-refractivity contribution in [3.63, 3.8) is 0 Å². The van der Waals surface area contributed by atoms with E-state index < -0.39 is 0 Å². The van der Waals surface area contributed by atoms with Crippen molar-refractivity contribution in [3.8, 4) is 5.75 Å². The number of nitrogens with zero attached hydrogens (tertiary/aromatic N) is 2. The molecular formula is C12H12N2O. The second-order valence-electron chi connectivity index (χ2n) is 3.13. The van der Waals surface area contributed by atoms with Crippen LogP contribution in [-0.2, 0) is 0 Å². The lowest BCUT2D eigenvalue weighted by Crippen LogP contribution is -1.97. The van der Waals surface area contributed by atoms with E-state index in [1.165, 1.54) is 0 Å². The SMILES string of the molecule is C=C(c1ccc(OC)cc1)n1cccn1. The number of aromatic nitrogens is 2. The van der Waals surface area contributed by atoms with E-state index in [0.29, 0.717) is 0 Å². The zero-order valence-corrected chi connectivity index (χ0v) is 8.55. The molecule has 1 heterocycles. The fraction of sp³-hybridized carbons (Fsp3) is 0.0833. The molecule has 0 unspecified atom stereocenters. The molecule has 3 nitrogen and oxygen atoms in total. The van der Waals surface area contributed by atoms with Gasteiger partial charge in [0.25, 0.3) is 0 Å². The fourth-order valence-electron chi connectivity index (χ4n) is 1.34. The van der Waals surface area contributed by atoms with Crippen LogP contribution in [0.15, 0.2) is 49.3 Å². The molecule has 0 spiro atoms. The predicted octanol–water partition coefficient (Wildman–Crippen LogP) is 2.41. The van der Waals surface area contributed by atoms with Crippen LogP contribution in [0.1, 0.15) is 5.56 Å². The Kier molecular flexibility index (Phi) is 2.54. The van der Waals surface area contributed by atoms with Crippen molar-refractivity contribution < 1.29 is 4.74 Å². The summed E-state index contributed by atoms with van der Waals surface area (Å²) < 4.78 is 6.83. The van der Waals surface area contributed by atoms with Crippen LogP contribution in [0.25, 0.3) is 5.70 Å². The normalized spacial score (nSPS) is 9.93. The van der Waals surface area contributed by atoms with Crippen molar-refractivity contribution >= 4 is 5.70 Å². The van der Waals surface area contributed by atoms with E-state index in [4.69, 9.17) is 4.74 Å². The molecule has 0 atom stereocenters. The summed E-state index contributed by atoms with van der Waals surface area (Å²) in [7, 11) is 1.65. The van der Waals surface area contributed by atoms with Crippen LogP contribution in [0.3, 0.4) is 0 Å². The molecule has 3 heteroatoms. The van der Waals surface area contributed by atoms with Gasteiger partial charge in [0.05, 0.1) is 12.8 Å². The van der Waals surface area contributed by atoms with E-state index in [9.17, 15) is 0 Å². The van der Waals surface area contributed by atoms with Crippen LogP contribution in [0.5, 0.6) is 5.75 Å². The first-order valence-corrected chi connectivity index (χ1v) is 4.64. The van der Waals surface area contributed by atoms with Gasteiger partial charge in [-0.15, -0.1) is 0 Å². The van der Waals surface area contributed by atoms with Crippen molar-refractivity contribution in [2.24, 2.45) is 0 Å². The van der Waals surface area contributed by atoms with Gasteiger partial charge in [-0.2, -0.15) is 5.10 Å². The van der Waals surface area contributed by atoms with E-state index in [2.05, 4.69) is 11.7 Å². The number of rotatable bonds is 3. The molecule has 0 fully saturated rings. The van der Waals surface area contributed by atoms with E-state index in [1.807, 2.05) is 36.5 Å². The topological polar surface area (TPSA) is 27.1 Å². The van der Waals surface area contributed by atoms with Crippen molar-refractivity contribution in [2.75, 3.05) is 7.11 Å². The number of hydrogen-bond donors (Lipinski definition) is 0. The minimum absolute atomic E-state index is 0.840. The van der Waals surface area contributed by atoms with Crippen molar-refractivity contribution in [3.05, 3.63) is 54.9 Å². The highest BCUT2D eigenvalue weighted by atomic mass is 16.5. The Balaban J connectivity index is 2.27. The van der Waals surface area contributed by atoms with E-state index in [1.54, 1.807) is 18.0 Å². The smallest absolute Gasteiger partial charge is 0.118 e. The molecule has 15 heavy (non-hydrogen) atoms. The van der Waals surface area contributed by atoms with Crippen molar-refractivity contribution in [2.45, 2.75) is 0 Å². The van der Waals surface area contributed by atoms with Gasteiger partial charge in [-0.05, 0) is 35.9 Å². The Bertz CT molecular complexity index is 443. The first kappa shape index (κ1) is 9.52. The molecule has 1 aromatic carbocycles. The van der Waals surface area contributed by atoms with E-state index in [0.717, 1.165) is 17.0 Å². The molecule has 0 aliphatic rings. The minimum atomic E-state index is 0.840. The van der Waals surface area contributed by atoms with Gasteiger partial charge in [-0.3, -0.25) is 0 Å². The lowest BCUT2D eigenvalue weighted by molar-refractivity contribution is 0.415. The van der Waals surface area contributed by atoms with E-state index >= 15 is 0 Å². The number of benzene rings is 1. The van der Waals surface area contributed by atoms with Crippen LogP contribution in [-0.4, -0.2) is 16.9 Å². The first-order valence-electron chi connectivity index (χ1n) is 4.64. The van der Waals surface area contributed by atoms with Crippen LogP contribution in [0.4, 0.5) is 0 Å². The van der Waals surface area contributed by atoms with Crippen LogP contribution in [0, 0.1) is 0 Å². The molecule has 0 aliphatic carbocycles. The molecule has 1 aromatic heterocycles. The highest BCUT2D eigenvalue weighted by Crippen LogP contribution is 2.17. The van der Waals surface area contributed by atoms with Crippen LogP contribution < -0.4 is 4.74 Å². The number of ether oxygens (including phenoxy) is 1. The third-order valence-electron chi connectivity index (χ3n) is 2.20.